The number of amides is 1. The van der Waals surface area contributed by atoms with Crippen molar-refractivity contribution in [1.29, 1.82) is 0 Å². The van der Waals surface area contributed by atoms with Crippen molar-refractivity contribution in [3.8, 4) is 11.4 Å². The highest BCUT2D eigenvalue weighted by Crippen LogP contribution is 2.28. The van der Waals surface area contributed by atoms with E-state index in [1.54, 1.807) is 12.3 Å². The molecule has 0 spiro atoms. The molecular weight excluding hydrogens is 444 g/mol. The molecular formula is C24H25ClN4O2S. The summed E-state index contributed by atoms with van der Waals surface area (Å²) in [4.78, 5) is 15.1. The molecule has 1 aromatic carbocycles. The lowest BCUT2D eigenvalue weighted by Crippen LogP contribution is -2.32. The zero-order valence-corrected chi connectivity index (χ0v) is 19.3. The molecule has 0 bridgehead atoms. The summed E-state index contributed by atoms with van der Waals surface area (Å²) in [5.41, 5.74) is 1.99. The topological polar surface area (TPSA) is 64.2 Å². The van der Waals surface area contributed by atoms with E-state index in [2.05, 4.69) is 22.9 Å². The fraction of sp³-hybridized carbons (Fsp3) is 0.292. The molecule has 0 unspecified atom stereocenters. The number of hydrogen-bond acceptors (Lipinski definition) is 5. The van der Waals surface area contributed by atoms with E-state index in [-0.39, 0.29) is 11.7 Å². The van der Waals surface area contributed by atoms with Crippen LogP contribution in [0.1, 0.15) is 31.4 Å². The molecule has 1 aliphatic carbocycles. The van der Waals surface area contributed by atoms with Gasteiger partial charge in [0.25, 0.3) is 0 Å². The number of carbonyl (C=O) groups is 1. The highest BCUT2D eigenvalue weighted by atomic mass is 35.5. The summed E-state index contributed by atoms with van der Waals surface area (Å²) in [5, 5.41) is 10.0. The third-order valence-electron chi connectivity index (χ3n) is 5.26. The van der Waals surface area contributed by atoms with Crippen LogP contribution in [0.15, 0.2) is 76.7 Å². The first-order chi connectivity index (χ1) is 15.7. The standard InChI is InChI=1S/C24H25ClN4O2S/c1-2-14-28-23(18-10-12-19(25)13-11-18)26-27-24(28)32-17-22(30)29(16-21-9-6-15-31-21)20-7-4-3-5-8-20/h2,6-7,9-13,15H,1,3-5,8,14,16-17H2. The molecule has 8 heteroatoms. The van der Waals surface area contributed by atoms with Gasteiger partial charge in [-0.1, -0.05) is 35.5 Å². The monoisotopic (exact) mass is 468 g/mol. The van der Waals surface area contributed by atoms with Crippen LogP contribution in [0.25, 0.3) is 11.4 Å². The zero-order chi connectivity index (χ0) is 22.3. The molecule has 0 saturated heterocycles. The van der Waals surface area contributed by atoms with Crippen LogP contribution in [-0.2, 0) is 17.9 Å². The highest BCUT2D eigenvalue weighted by Gasteiger charge is 2.22. The second-order valence-corrected chi connectivity index (χ2v) is 8.88. The maximum absolute atomic E-state index is 13.3. The van der Waals surface area contributed by atoms with Gasteiger partial charge in [-0.05, 0) is 62.1 Å². The second kappa shape index (κ2) is 10.7. The molecule has 2 heterocycles. The van der Waals surface area contributed by atoms with Gasteiger partial charge in [-0.3, -0.25) is 9.36 Å². The van der Waals surface area contributed by atoms with E-state index in [1.165, 1.54) is 18.2 Å². The molecule has 1 aliphatic rings. The predicted octanol–water partition coefficient (Wildman–Crippen LogP) is 5.96. The van der Waals surface area contributed by atoms with Crippen molar-refractivity contribution in [2.45, 2.75) is 43.9 Å². The zero-order valence-electron chi connectivity index (χ0n) is 17.7. The number of aromatic nitrogens is 3. The van der Waals surface area contributed by atoms with Crippen molar-refractivity contribution >= 4 is 29.3 Å². The number of nitrogens with zero attached hydrogens (tertiary/aromatic N) is 4. The summed E-state index contributed by atoms with van der Waals surface area (Å²) >= 11 is 7.40. The van der Waals surface area contributed by atoms with Crippen LogP contribution >= 0.6 is 23.4 Å². The van der Waals surface area contributed by atoms with E-state index in [0.717, 1.165) is 42.1 Å². The number of halogens is 1. The summed E-state index contributed by atoms with van der Waals surface area (Å²) in [5.74, 6) is 1.78. The lowest BCUT2D eigenvalue weighted by molar-refractivity contribution is -0.127. The minimum Gasteiger partial charge on any atom is -0.467 e. The number of carbonyl (C=O) groups excluding carboxylic acids is 1. The lowest BCUT2D eigenvalue weighted by atomic mass is 10.0. The predicted molar refractivity (Wildman–Crippen MR) is 127 cm³/mol. The second-order valence-electron chi connectivity index (χ2n) is 7.50. The van der Waals surface area contributed by atoms with E-state index >= 15 is 0 Å². The molecule has 0 saturated carbocycles. The molecule has 0 fully saturated rings. The molecule has 0 radical (unpaired) electrons. The van der Waals surface area contributed by atoms with Gasteiger partial charge in [0.05, 0.1) is 18.6 Å². The molecule has 0 atom stereocenters. The summed E-state index contributed by atoms with van der Waals surface area (Å²) < 4.78 is 7.47. The number of hydrogen-bond donors (Lipinski definition) is 0. The van der Waals surface area contributed by atoms with Crippen LogP contribution < -0.4 is 0 Å². The minimum atomic E-state index is 0.0285. The lowest BCUT2D eigenvalue weighted by Gasteiger charge is -2.27. The van der Waals surface area contributed by atoms with Gasteiger partial charge in [0.15, 0.2) is 11.0 Å². The first-order valence-corrected chi connectivity index (χ1v) is 12.0. The van der Waals surface area contributed by atoms with Gasteiger partial charge >= 0.3 is 0 Å². The van der Waals surface area contributed by atoms with E-state index in [1.807, 2.05) is 45.9 Å². The first kappa shape index (κ1) is 22.4. The first-order valence-electron chi connectivity index (χ1n) is 10.6. The van der Waals surface area contributed by atoms with Crippen molar-refractivity contribution in [3.05, 3.63) is 77.9 Å². The molecule has 4 rings (SSSR count). The van der Waals surface area contributed by atoms with Crippen LogP contribution in [0.2, 0.25) is 5.02 Å². The largest absolute Gasteiger partial charge is 0.467 e. The Bertz CT molecular complexity index is 1090. The number of furan rings is 1. The smallest absolute Gasteiger partial charge is 0.237 e. The van der Waals surface area contributed by atoms with Crippen molar-refractivity contribution in [2.75, 3.05) is 5.75 Å². The van der Waals surface area contributed by atoms with Gasteiger partial charge in [-0.15, -0.1) is 16.8 Å². The van der Waals surface area contributed by atoms with Crippen LogP contribution in [0.5, 0.6) is 0 Å². The molecule has 2 aromatic heterocycles. The fourth-order valence-corrected chi connectivity index (χ4v) is 4.63. The van der Waals surface area contributed by atoms with Crippen molar-refractivity contribution in [2.24, 2.45) is 0 Å². The van der Waals surface area contributed by atoms with Gasteiger partial charge in [0.1, 0.15) is 5.76 Å². The summed E-state index contributed by atoms with van der Waals surface area (Å²) in [6.45, 7) is 4.83. The SMILES string of the molecule is C=CCn1c(SCC(=O)N(Cc2ccco2)C2=CCCCC2)nnc1-c1ccc(Cl)cc1. The van der Waals surface area contributed by atoms with E-state index in [0.29, 0.717) is 23.3 Å². The third-order valence-corrected chi connectivity index (χ3v) is 6.47. The third kappa shape index (κ3) is 5.34. The molecule has 166 valence electrons. The average molecular weight is 469 g/mol. The van der Waals surface area contributed by atoms with Gasteiger partial charge in [-0.25, -0.2) is 0 Å². The summed E-state index contributed by atoms with van der Waals surface area (Å²) in [7, 11) is 0. The number of allylic oxidation sites excluding steroid dienone is 3. The Balaban J connectivity index is 1.51. The molecule has 0 aliphatic heterocycles. The molecule has 0 N–H and O–H groups in total. The van der Waals surface area contributed by atoms with E-state index < -0.39 is 0 Å². The molecule has 32 heavy (non-hydrogen) atoms. The summed E-state index contributed by atoms with van der Waals surface area (Å²) in [6, 6.07) is 11.2. The normalized spacial score (nSPS) is 13.6. The van der Waals surface area contributed by atoms with E-state index in [9.17, 15) is 4.79 Å². The van der Waals surface area contributed by atoms with Gasteiger partial charge in [0, 0.05) is 22.8 Å². The Morgan fingerprint density at radius 1 is 1.25 bits per heavy atom. The highest BCUT2D eigenvalue weighted by molar-refractivity contribution is 7.99. The molecule has 1 amide bonds. The van der Waals surface area contributed by atoms with Crippen LogP contribution in [0, 0.1) is 0 Å². The summed E-state index contributed by atoms with van der Waals surface area (Å²) in [6.07, 6.45) is 9.78. The van der Waals surface area contributed by atoms with Crippen molar-refractivity contribution in [1.82, 2.24) is 19.7 Å². The minimum absolute atomic E-state index is 0.0285. The Morgan fingerprint density at radius 3 is 2.78 bits per heavy atom. The number of thioether (sulfide) groups is 1. The van der Waals surface area contributed by atoms with Gasteiger partial charge in [0.2, 0.25) is 5.91 Å². The molecule has 6 nitrogen and oxygen atoms in total. The Hall–Kier alpha value is -2.77. The number of rotatable bonds is 9. The van der Waals surface area contributed by atoms with Gasteiger partial charge in [-0.2, -0.15) is 0 Å². The van der Waals surface area contributed by atoms with Gasteiger partial charge < -0.3 is 9.32 Å². The maximum Gasteiger partial charge on any atom is 0.237 e. The van der Waals surface area contributed by atoms with Crippen molar-refractivity contribution < 1.29 is 9.21 Å². The fourth-order valence-electron chi connectivity index (χ4n) is 3.68. The van der Waals surface area contributed by atoms with E-state index in [4.69, 9.17) is 16.0 Å². The maximum atomic E-state index is 13.3. The quantitative estimate of drug-likeness (QED) is 0.286. The average Bonchev–Trinajstić information content (AvgIpc) is 3.47. The Labute approximate surface area is 197 Å². The van der Waals surface area contributed by atoms with Crippen LogP contribution in [0.4, 0.5) is 0 Å². The Kier molecular flexibility index (Phi) is 7.50. The van der Waals surface area contributed by atoms with Crippen LogP contribution in [-0.4, -0.2) is 31.3 Å². The van der Waals surface area contributed by atoms with Crippen LogP contribution in [0.3, 0.4) is 0 Å². The van der Waals surface area contributed by atoms with Crippen molar-refractivity contribution in [3.63, 3.8) is 0 Å². The molecule has 3 aromatic rings. The number of benzene rings is 1. The Morgan fingerprint density at radius 2 is 2.09 bits per heavy atom.